The number of hydrogen-bond acceptors (Lipinski definition) is 4. The minimum Gasteiger partial charge on any atom is -0.340 e. The Bertz CT molecular complexity index is 701. The predicted octanol–water partition coefficient (Wildman–Crippen LogP) is 0.808. The molecule has 0 unspecified atom stereocenters. The van der Waals surface area contributed by atoms with E-state index in [1.165, 1.54) is 0 Å². The van der Waals surface area contributed by atoms with Gasteiger partial charge in [-0.2, -0.15) is 5.10 Å². The fraction of sp³-hybridized carbons (Fsp3) is 0.533. The van der Waals surface area contributed by atoms with Crippen LogP contribution in [0.5, 0.6) is 0 Å². The van der Waals surface area contributed by atoms with Crippen LogP contribution in [0, 0.1) is 0 Å². The highest BCUT2D eigenvalue weighted by molar-refractivity contribution is 5.99. The maximum atomic E-state index is 12.6. The summed E-state index contributed by atoms with van der Waals surface area (Å²) in [4.78, 5) is 20.8. The van der Waals surface area contributed by atoms with Crippen LogP contribution >= 0.6 is 0 Å². The summed E-state index contributed by atoms with van der Waals surface area (Å²) in [6.07, 6.45) is 3.42. The normalized spacial score (nSPS) is 14.6. The highest BCUT2D eigenvalue weighted by Crippen LogP contribution is 2.24. The van der Waals surface area contributed by atoms with E-state index in [1.54, 1.807) is 10.9 Å². The molecule has 0 fully saturated rings. The third-order valence-corrected chi connectivity index (χ3v) is 4.18. The number of nitrogens with zero attached hydrogens (tertiary/aromatic N) is 6. The Balaban J connectivity index is 1.75. The van der Waals surface area contributed by atoms with Crippen LogP contribution < -0.4 is 4.90 Å². The average Bonchev–Trinajstić information content (AvgIpc) is 3.05. The maximum Gasteiger partial charge on any atom is 0.275 e. The maximum absolute atomic E-state index is 12.6. The Hall–Kier alpha value is -2.31. The van der Waals surface area contributed by atoms with Gasteiger partial charge in [0, 0.05) is 39.8 Å². The lowest BCUT2D eigenvalue weighted by atomic mass is 10.2. The fourth-order valence-corrected chi connectivity index (χ4v) is 2.88. The first-order valence-corrected chi connectivity index (χ1v) is 7.54. The molecule has 118 valence electrons. The molecule has 1 aliphatic rings. The summed E-state index contributed by atoms with van der Waals surface area (Å²) in [5.74, 6) is 0.809. The summed E-state index contributed by atoms with van der Waals surface area (Å²) >= 11 is 0. The van der Waals surface area contributed by atoms with Crippen molar-refractivity contribution in [1.82, 2.24) is 24.2 Å². The number of carbonyl (C=O) groups is 1. The largest absolute Gasteiger partial charge is 0.340 e. The molecule has 0 saturated heterocycles. The average molecular weight is 302 g/mol. The number of aryl methyl sites for hydroxylation is 3. The predicted molar refractivity (Wildman–Crippen MR) is 83.8 cm³/mol. The van der Waals surface area contributed by atoms with Crippen molar-refractivity contribution in [1.29, 1.82) is 0 Å². The fourth-order valence-electron chi connectivity index (χ4n) is 2.88. The van der Waals surface area contributed by atoms with Gasteiger partial charge < -0.3 is 14.4 Å². The SMILES string of the molecule is CCc1cc(CCN2CN(C)c3ncn(C)c3C2=O)n(C)n1. The molecule has 3 heterocycles. The monoisotopic (exact) mass is 302 g/mol. The van der Waals surface area contributed by atoms with Crippen LogP contribution in [0.4, 0.5) is 5.82 Å². The molecule has 1 aliphatic heterocycles. The molecule has 0 bridgehead atoms. The summed E-state index contributed by atoms with van der Waals surface area (Å²) in [5.41, 5.74) is 2.91. The van der Waals surface area contributed by atoms with E-state index in [-0.39, 0.29) is 5.91 Å². The Kier molecular flexibility index (Phi) is 3.64. The minimum atomic E-state index is 0.0472. The number of aromatic nitrogens is 4. The van der Waals surface area contributed by atoms with Crippen LogP contribution in [0.3, 0.4) is 0 Å². The lowest BCUT2D eigenvalue weighted by Crippen LogP contribution is -2.46. The third-order valence-electron chi connectivity index (χ3n) is 4.18. The highest BCUT2D eigenvalue weighted by Gasteiger charge is 2.31. The first-order chi connectivity index (χ1) is 10.5. The van der Waals surface area contributed by atoms with Crippen LogP contribution in [-0.4, -0.2) is 50.4 Å². The van der Waals surface area contributed by atoms with Crippen molar-refractivity contribution in [3.05, 3.63) is 29.5 Å². The Morgan fingerprint density at radius 2 is 2.05 bits per heavy atom. The van der Waals surface area contributed by atoms with Gasteiger partial charge >= 0.3 is 0 Å². The van der Waals surface area contributed by atoms with Crippen molar-refractivity contribution in [2.45, 2.75) is 19.8 Å². The zero-order valence-electron chi connectivity index (χ0n) is 13.6. The topological polar surface area (TPSA) is 59.2 Å². The van der Waals surface area contributed by atoms with Crippen LogP contribution in [0.1, 0.15) is 28.8 Å². The zero-order chi connectivity index (χ0) is 15.9. The summed E-state index contributed by atoms with van der Waals surface area (Å²) in [6.45, 7) is 3.34. The second-order valence-corrected chi connectivity index (χ2v) is 5.79. The van der Waals surface area contributed by atoms with Gasteiger partial charge in [-0.3, -0.25) is 9.48 Å². The summed E-state index contributed by atoms with van der Waals surface area (Å²) in [6, 6.07) is 2.12. The molecule has 1 amide bonds. The molecule has 7 nitrogen and oxygen atoms in total. The quantitative estimate of drug-likeness (QED) is 0.838. The number of carbonyl (C=O) groups excluding carboxylic acids is 1. The Morgan fingerprint density at radius 1 is 1.27 bits per heavy atom. The van der Waals surface area contributed by atoms with E-state index < -0.39 is 0 Å². The van der Waals surface area contributed by atoms with Crippen LogP contribution in [0.25, 0.3) is 0 Å². The Morgan fingerprint density at radius 3 is 2.73 bits per heavy atom. The van der Waals surface area contributed by atoms with Crippen molar-refractivity contribution in [3.63, 3.8) is 0 Å². The van der Waals surface area contributed by atoms with E-state index in [4.69, 9.17) is 0 Å². The Labute approximate surface area is 130 Å². The zero-order valence-corrected chi connectivity index (χ0v) is 13.6. The van der Waals surface area contributed by atoms with E-state index in [2.05, 4.69) is 23.1 Å². The first kappa shape index (κ1) is 14.6. The van der Waals surface area contributed by atoms with Crippen LogP contribution in [-0.2, 0) is 26.9 Å². The van der Waals surface area contributed by atoms with Gasteiger partial charge in [-0.25, -0.2) is 4.98 Å². The molecule has 0 spiro atoms. The number of fused-ring (bicyclic) bond motifs is 1. The summed E-state index contributed by atoms with van der Waals surface area (Å²) in [5, 5.41) is 4.46. The molecule has 0 radical (unpaired) electrons. The van der Waals surface area contributed by atoms with Crippen LogP contribution in [0.2, 0.25) is 0 Å². The van der Waals surface area contributed by atoms with Crippen molar-refractivity contribution < 1.29 is 4.79 Å². The molecule has 7 heteroatoms. The molecule has 0 aromatic carbocycles. The molecular weight excluding hydrogens is 280 g/mol. The summed E-state index contributed by atoms with van der Waals surface area (Å²) in [7, 11) is 5.78. The minimum absolute atomic E-state index is 0.0472. The molecule has 3 rings (SSSR count). The number of imidazole rings is 1. The lowest BCUT2D eigenvalue weighted by molar-refractivity contribution is 0.0734. The number of anilines is 1. The smallest absolute Gasteiger partial charge is 0.275 e. The van der Waals surface area contributed by atoms with Crippen molar-refractivity contribution in [3.8, 4) is 0 Å². The molecular formula is C15H22N6O. The third kappa shape index (κ3) is 2.36. The van der Waals surface area contributed by atoms with Gasteiger partial charge in [-0.15, -0.1) is 0 Å². The van der Waals surface area contributed by atoms with E-state index in [9.17, 15) is 4.79 Å². The van der Waals surface area contributed by atoms with E-state index in [0.29, 0.717) is 18.9 Å². The van der Waals surface area contributed by atoms with Gasteiger partial charge in [0.05, 0.1) is 18.7 Å². The van der Waals surface area contributed by atoms with Gasteiger partial charge in [0.2, 0.25) is 0 Å². The number of hydrogen-bond donors (Lipinski definition) is 0. The van der Waals surface area contributed by atoms with Crippen molar-refractivity contribution in [2.75, 3.05) is 25.2 Å². The van der Waals surface area contributed by atoms with Gasteiger partial charge in [0.15, 0.2) is 11.5 Å². The molecule has 22 heavy (non-hydrogen) atoms. The molecule has 0 aliphatic carbocycles. The molecule has 2 aromatic rings. The molecule has 0 saturated carbocycles. The van der Waals surface area contributed by atoms with Gasteiger partial charge in [-0.05, 0) is 12.5 Å². The molecule has 0 N–H and O–H groups in total. The van der Waals surface area contributed by atoms with E-state index >= 15 is 0 Å². The van der Waals surface area contributed by atoms with Crippen molar-refractivity contribution >= 4 is 11.7 Å². The summed E-state index contributed by atoms with van der Waals surface area (Å²) < 4.78 is 3.70. The molecule has 2 aromatic heterocycles. The van der Waals surface area contributed by atoms with Gasteiger partial charge in [-0.1, -0.05) is 6.92 Å². The number of rotatable bonds is 4. The highest BCUT2D eigenvalue weighted by atomic mass is 16.2. The second kappa shape index (κ2) is 5.47. The lowest BCUT2D eigenvalue weighted by Gasteiger charge is -2.33. The second-order valence-electron chi connectivity index (χ2n) is 5.79. The van der Waals surface area contributed by atoms with E-state index in [0.717, 1.165) is 30.0 Å². The van der Waals surface area contributed by atoms with Gasteiger partial charge in [0.1, 0.15) is 0 Å². The van der Waals surface area contributed by atoms with E-state index in [1.807, 2.05) is 35.6 Å². The van der Waals surface area contributed by atoms with Crippen molar-refractivity contribution in [2.24, 2.45) is 14.1 Å². The van der Waals surface area contributed by atoms with Gasteiger partial charge in [0.25, 0.3) is 5.91 Å². The van der Waals surface area contributed by atoms with Crippen LogP contribution in [0.15, 0.2) is 12.4 Å². The standard InChI is InChI=1S/C15H22N6O/c1-5-11-8-12(20(4)17-11)6-7-21-10-19(3)14-13(15(21)22)18(2)9-16-14/h8-9H,5-7,10H2,1-4H3. The number of amides is 1. The first-order valence-electron chi connectivity index (χ1n) is 7.54. The molecule has 0 atom stereocenters.